The molecular formula is C15H18N4O. The smallest absolute Gasteiger partial charge is 0.225 e. The molecule has 1 saturated carbocycles. The number of anilines is 1. The largest absolute Gasteiger partial charge is 0.355 e. The molecule has 1 atom stereocenters. The van der Waals surface area contributed by atoms with Crippen LogP contribution in [0.2, 0.25) is 0 Å². The van der Waals surface area contributed by atoms with Crippen LogP contribution in [0.3, 0.4) is 0 Å². The fourth-order valence-electron chi connectivity index (χ4n) is 2.58. The minimum Gasteiger partial charge on any atom is -0.355 e. The number of aryl methyl sites for hydroxylation is 1. The highest BCUT2D eigenvalue weighted by Gasteiger charge is 2.33. The summed E-state index contributed by atoms with van der Waals surface area (Å²) in [5.41, 5.74) is 1.48. The summed E-state index contributed by atoms with van der Waals surface area (Å²) in [5, 5.41) is 12.2. The molecule has 1 aliphatic carbocycles. The zero-order valence-corrected chi connectivity index (χ0v) is 11.6. The van der Waals surface area contributed by atoms with Crippen LogP contribution in [0, 0.1) is 24.2 Å². The first kappa shape index (κ1) is 12.9. The Balaban J connectivity index is 1.71. The standard InChI is InChI=1S/C15H18N4O/c1-10-2-3-11(8-16)14(17-10)19-7-6-12(9-19)15(20)18-13-4-5-13/h2-3,12-13H,4-7,9H2,1H3,(H,18,20). The van der Waals surface area contributed by atoms with Gasteiger partial charge in [-0.3, -0.25) is 4.79 Å². The molecule has 3 rings (SSSR count). The first-order valence-electron chi connectivity index (χ1n) is 7.10. The number of nitrogens with one attached hydrogen (secondary N) is 1. The van der Waals surface area contributed by atoms with Gasteiger partial charge in [-0.1, -0.05) is 0 Å². The molecule has 1 unspecified atom stereocenters. The lowest BCUT2D eigenvalue weighted by molar-refractivity contribution is -0.124. The van der Waals surface area contributed by atoms with Crippen LogP contribution in [0.1, 0.15) is 30.5 Å². The third-order valence-corrected chi connectivity index (χ3v) is 3.92. The number of hydrogen-bond acceptors (Lipinski definition) is 4. The van der Waals surface area contributed by atoms with Crippen molar-refractivity contribution in [1.29, 1.82) is 5.26 Å². The van der Waals surface area contributed by atoms with E-state index >= 15 is 0 Å². The summed E-state index contributed by atoms with van der Waals surface area (Å²) in [6.07, 6.45) is 3.05. The molecule has 1 N–H and O–H groups in total. The molecule has 5 heteroatoms. The summed E-state index contributed by atoms with van der Waals surface area (Å²) < 4.78 is 0. The van der Waals surface area contributed by atoms with Crippen molar-refractivity contribution in [3.05, 3.63) is 23.4 Å². The second-order valence-corrected chi connectivity index (χ2v) is 5.65. The number of aromatic nitrogens is 1. The predicted molar refractivity (Wildman–Crippen MR) is 75.2 cm³/mol. The van der Waals surface area contributed by atoms with Gasteiger partial charge in [0.05, 0.1) is 11.5 Å². The van der Waals surface area contributed by atoms with Gasteiger partial charge in [0.2, 0.25) is 5.91 Å². The number of pyridine rings is 1. The van der Waals surface area contributed by atoms with Crippen molar-refractivity contribution in [3.8, 4) is 6.07 Å². The average Bonchev–Trinajstić information content (AvgIpc) is 3.11. The quantitative estimate of drug-likeness (QED) is 0.900. The SMILES string of the molecule is Cc1ccc(C#N)c(N2CCC(C(=O)NC3CC3)C2)n1. The van der Waals surface area contributed by atoms with Gasteiger partial charge in [0.25, 0.3) is 0 Å². The van der Waals surface area contributed by atoms with Crippen LogP contribution in [0.15, 0.2) is 12.1 Å². The van der Waals surface area contributed by atoms with Crippen LogP contribution in [-0.2, 0) is 4.79 Å². The second-order valence-electron chi connectivity index (χ2n) is 5.65. The van der Waals surface area contributed by atoms with Crippen LogP contribution in [0.5, 0.6) is 0 Å². The average molecular weight is 270 g/mol. The van der Waals surface area contributed by atoms with E-state index in [0.29, 0.717) is 24.0 Å². The summed E-state index contributed by atoms with van der Waals surface area (Å²) >= 11 is 0. The molecule has 1 amide bonds. The number of amides is 1. The van der Waals surface area contributed by atoms with Crippen LogP contribution >= 0.6 is 0 Å². The van der Waals surface area contributed by atoms with Gasteiger partial charge in [0, 0.05) is 24.8 Å². The molecule has 1 aromatic heterocycles. The summed E-state index contributed by atoms with van der Waals surface area (Å²) in [5.74, 6) is 0.889. The Morgan fingerprint density at radius 3 is 2.95 bits per heavy atom. The first-order chi connectivity index (χ1) is 9.67. The highest BCUT2D eigenvalue weighted by molar-refractivity contribution is 5.80. The van der Waals surface area contributed by atoms with Gasteiger partial charge < -0.3 is 10.2 Å². The lowest BCUT2D eigenvalue weighted by Crippen LogP contribution is -2.34. The van der Waals surface area contributed by atoms with E-state index in [1.165, 1.54) is 0 Å². The predicted octanol–water partition coefficient (Wildman–Crippen LogP) is 1.37. The Hall–Kier alpha value is -2.09. The lowest BCUT2D eigenvalue weighted by Gasteiger charge is -2.19. The lowest BCUT2D eigenvalue weighted by atomic mass is 10.1. The van der Waals surface area contributed by atoms with Crippen molar-refractivity contribution in [2.75, 3.05) is 18.0 Å². The van der Waals surface area contributed by atoms with Gasteiger partial charge >= 0.3 is 0 Å². The molecule has 0 spiro atoms. The summed E-state index contributed by atoms with van der Waals surface area (Å²) in [7, 11) is 0. The van der Waals surface area contributed by atoms with E-state index < -0.39 is 0 Å². The van der Waals surface area contributed by atoms with Gasteiger partial charge in [-0.05, 0) is 38.3 Å². The Labute approximate surface area is 118 Å². The van der Waals surface area contributed by atoms with Crippen molar-refractivity contribution < 1.29 is 4.79 Å². The number of nitrogens with zero attached hydrogens (tertiary/aromatic N) is 3. The maximum absolute atomic E-state index is 12.1. The van der Waals surface area contributed by atoms with Crippen LogP contribution in [0.4, 0.5) is 5.82 Å². The van der Waals surface area contributed by atoms with Crippen molar-refractivity contribution in [2.24, 2.45) is 5.92 Å². The molecule has 0 aromatic carbocycles. The number of carbonyl (C=O) groups excluding carboxylic acids is 1. The fraction of sp³-hybridized carbons (Fsp3) is 0.533. The van der Waals surface area contributed by atoms with Crippen LogP contribution < -0.4 is 10.2 Å². The Morgan fingerprint density at radius 2 is 2.25 bits per heavy atom. The topological polar surface area (TPSA) is 69.0 Å². The highest BCUT2D eigenvalue weighted by Crippen LogP contribution is 2.27. The number of rotatable bonds is 3. The van der Waals surface area contributed by atoms with Gasteiger partial charge in [0.1, 0.15) is 11.9 Å². The molecule has 2 fully saturated rings. The Morgan fingerprint density at radius 1 is 1.45 bits per heavy atom. The van der Waals surface area contributed by atoms with Gasteiger partial charge in [0.15, 0.2) is 0 Å². The summed E-state index contributed by atoms with van der Waals surface area (Å²) in [4.78, 5) is 18.6. The zero-order valence-electron chi connectivity index (χ0n) is 11.6. The van der Waals surface area contributed by atoms with E-state index in [1.54, 1.807) is 6.07 Å². The van der Waals surface area contributed by atoms with Crippen molar-refractivity contribution in [2.45, 2.75) is 32.2 Å². The number of hydrogen-bond donors (Lipinski definition) is 1. The van der Waals surface area contributed by atoms with E-state index in [2.05, 4.69) is 21.3 Å². The molecule has 0 bridgehead atoms. The molecule has 1 aliphatic heterocycles. The van der Waals surface area contributed by atoms with Crippen molar-refractivity contribution >= 4 is 11.7 Å². The fourth-order valence-corrected chi connectivity index (χ4v) is 2.58. The third-order valence-electron chi connectivity index (χ3n) is 3.92. The van der Waals surface area contributed by atoms with Gasteiger partial charge in [-0.2, -0.15) is 5.26 Å². The second kappa shape index (κ2) is 5.12. The van der Waals surface area contributed by atoms with E-state index in [9.17, 15) is 10.1 Å². The number of carbonyl (C=O) groups is 1. The monoisotopic (exact) mass is 270 g/mol. The maximum Gasteiger partial charge on any atom is 0.225 e. The van der Waals surface area contributed by atoms with E-state index in [0.717, 1.165) is 31.5 Å². The molecule has 0 radical (unpaired) electrons. The van der Waals surface area contributed by atoms with E-state index in [1.807, 2.05) is 13.0 Å². The normalized spacial score (nSPS) is 21.6. The highest BCUT2D eigenvalue weighted by atomic mass is 16.2. The third kappa shape index (κ3) is 2.60. The van der Waals surface area contributed by atoms with Gasteiger partial charge in [-0.25, -0.2) is 4.98 Å². The van der Waals surface area contributed by atoms with Crippen LogP contribution in [-0.4, -0.2) is 30.0 Å². The summed E-state index contributed by atoms with van der Waals surface area (Å²) in [6, 6.07) is 6.23. The van der Waals surface area contributed by atoms with Crippen LogP contribution in [0.25, 0.3) is 0 Å². The molecule has 2 heterocycles. The zero-order chi connectivity index (χ0) is 14.1. The van der Waals surface area contributed by atoms with Gasteiger partial charge in [-0.15, -0.1) is 0 Å². The molecule has 1 aromatic rings. The Bertz CT molecular complexity index is 574. The van der Waals surface area contributed by atoms with E-state index in [4.69, 9.17) is 0 Å². The molecule has 5 nitrogen and oxygen atoms in total. The molecule has 20 heavy (non-hydrogen) atoms. The minimum absolute atomic E-state index is 0.0180. The molecular weight excluding hydrogens is 252 g/mol. The number of nitriles is 1. The molecule has 104 valence electrons. The minimum atomic E-state index is 0.0180. The molecule has 1 saturated heterocycles. The van der Waals surface area contributed by atoms with Crippen molar-refractivity contribution in [3.63, 3.8) is 0 Å². The molecule has 2 aliphatic rings. The summed E-state index contributed by atoms with van der Waals surface area (Å²) in [6.45, 7) is 3.36. The maximum atomic E-state index is 12.1. The van der Waals surface area contributed by atoms with E-state index in [-0.39, 0.29) is 11.8 Å². The first-order valence-corrected chi connectivity index (χ1v) is 7.10. The van der Waals surface area contributed by atoms with Crippen molar-refractivity contribution in [1.82, 2.24) is 10.3 Å². The Kier molecular flexibility index (Phi) is 3.31.